The topological polar surface area (TPSA) is 85.0 Å². The number of rotatable bonds is 5. The highest BCUT2D eigenvalue weighted by molar-refractivity contribution is 6.00. The summed E-state index contributed by atoms with van der Waals surface area (Å²) >= 11 is 0. The molecule has 0 radical (unpaired) electrons. The van der Waals surface area contributed by atoms with Crippen LogP contribution in [0.5, 0.6) is 0 Å². The SMILES string of the molecule is Cc1nnc(-c2ccc(CN3C(=O)Cc4cnc(-c5ccccc5C(C)C)nc43)cc2)o1. The number of hydrogen-bond donors (Lipinski definition) is 0. The molecule has 2 aromatic heterocycles. The minimum Gasteiger partial charge on any atom is -0.421 e. The fourth-order valence-corrected chi connectivity index (χ4v) is 3.98. The van der Waals surface area contributed by atoms with Crippen molar-refractivity contribution in [3.05, 3.63) is 77.3 Å². The first kappa shape index (κ1) is 20.1. The van der Waals surface area contributed by atoms with E-state index in [4.69, 9.17) is 9.40 Å². The highest BCUT2D eigenvalue weighted by Crippen LogP contribution is 2.32. The minimum absolute atomic E-state index is 0.0280. The van der Waals surface area contributed by atoms with Gasteiger partial charge in [0.1, 0.15) is 5.82 Å². The van der Waals surface area contributed by atoms with E-state index < -0.39 is 0 Å². The Kier molecular flexibility index (Phi) is 5.01. The van der Waals surface area contributed by atoms with E-state index in [0.717, 1.165) is 22.3 Å². The molecule has 1 amide bonds. The van der Waals surface area contributed by atoms with E-state index >= 15 is 0 Å². The van der Waals surface area contributed by atoms with Crippen molar-refractivity contribution in [3.63, 3.8) is 0 Å². The van der Waals surface area contributed by atoms with Crippen LogP contribution in [0.25, 0.3) is 22.8 Å². The zero-order valence-corrected chi connectivity index (χ0v) is 18.2. The first-order valence-corrected chi connectivity index (χ1v) is 10.6. The zero-order valence-electron chi connectivity index (χ0n) is 18.2. The van der Waals surface area contributed by atoms with Gasteiger partial charge < -0.3 is 4.42 Å². The maximum Gasteiger partial charge on any atom is 0.247 e. The molecular formula is C25H23N5O2. The summed E-state index contributed by atoms with van der Waals surface area (Å²) in [4.78, 5) is 23.9. The molecule has 0 spiro atoms. The van der Waals surface area contributed by atoms with Crippen molar-refractivity contribution in [3.8, 4) is 22.8 Å². The maximum atomic E-state index is 12.8. The van der Waals surface area contributed by atoms with Gasteiger partial charge in [0.25, 0.3) is 0 Å². The molecule has 0 fully saturated rings. The lowest BCUT2D eigenvalue weighted by atomic mass is 9.97. The van der Waals surface area contributed by atoms with Crippen molar-refractivity contribution in [2.24, 2.45) is 0 Å². The Bertz CT molecular complexity index is 1290. The summed E-state index contributed by atoms with van der Waals surface area (Å²) in [5.41, 5.74) is 4.89. The minimum atomic E-state index is 0.0280. The summed E-state index contributed by atoms with van der Waals surface area (Å²) in [5, 5.41) is 7.92. The van der Waals surface area contributed by atoms with Gasteiger partial charge in [-0.15, -0.1) is 10.2 Å². The highest BCUT2D eigenvalue weighted by Gasteiger charge is 2.30. The van der Waals surface area contributed by atoms with Gasteiger partial charge >= 0.3 is 0 Å². The number of aryl methyl sites for hydroxylation is 1. The van der Waals surface area contributed by atoms with Crippen LogP contribution < -0.4 is 4.90 Å². The quantitative estimate of drug-likeness (QED) is 0.460. The number of carbonyl (C=O) groups excluding carboxylic acids is 1. The van der Waals surface area contributed by atoms with Crippen LogP contribution in [0.2, 0.25) is 0 Å². The second-order valence-corrected chi connectivity index (χ2v) is 8.26. The van der Waals surface area contributed by atoms with Gasteiger partial charge in [0.15, 0.2) is 5.82 Å². The number of carbonyl (C=O) groups is 1. The second kappa shape index (κ2) is 8.00. The van der Waals surface area contributed by atoms with Gasteiger partial charge in [0, 0.05) is 29.8 Å². The Morgan fingerprint density at radius 2 is 1.84 bits per heavy atom. The molecule has 4 aromatic rings. The number of amides is 1. The van der Waals surface area contributed by atoms with Crippen LogP contribution in [0.15, 0.2) is 59.1 Å². The van der Waals surface area contributed by atoms with Crippen molar-refractivity contribution in [2.45, 2.75) is 39.7 Å². The summed E-state index contributed by atoms with van der Waals surface area (Å²) in [7, 11) is 0. The molecule has 32 heavy (non-hydrogen) atoms. The van der Waals surface area contributed by atoms with E-state index in [0.29, 0.717) is 42.3 Å². The second-order valence-electron chi connectivity index (χ2n) is 8.26. The van der Waals surface area contributed by atoms with Gasteiger partial charge in [-0.05, 0) is 29.2 Å². The Morgan fingerprint density at radius 3 is 2.56 bits per heavy atom. The molecule has 7 nitrogen and oxygen atoms in total. The Balaban J connectivity index is 1.44. The number of anilines is 1. The van der Waals surface area contributed by atoms with Crippen molar-refractivity contribution < 1.29 is 9.21 Å². The fraction of sp³-hybridized carbons (Fsp3) is 0.240. The molecule has 0 saturated heterocycles. The van der Waals surface area contributed by atoms with Crippen LogP contribution in [-0.4, -0.2) is 26.1 Å². The molecule has 1 aliphatic rings. The number of aromatic nitrogens is 4. The standard InChI is InChI=1S/C25H23N5O2/c1-15(2)20-6-4-5-7-21(20)23-26-13-19-12-22(31)30(24(19)27-23)14-17-8-10-18(11-9-17)25-29-28-16(3)32-25/h4-11,13,15H,12,14H2,1-3H3. The van der Waals surface area contributed by atoms with Crippen molar-refractivity contribution in [1.29, 1.82) is 0 Å². The van der Waals surface area contributed by atoms with E-state index in [1.807, 2.05) is 42.5 Å². The van der Waals surface area contributed by atoms with Crippen LogP contribution in [0.3, 0.4) is 0 Å². The number of hydrogen-bond acceptors (Lipinski definition) is 6. The Morgan fingerprint density at radius 1 is 1.06 bits per heavy atom. The molecule has 5 rings (SSSR count). The largest absolute Gasteiger partial charge is 0.421 e. The summed E-state index contributed by atoms with van der Waals surface area (Å²) in [6.45, 7) is 6.51. The van der Waals surface area contributed by atoms with Crippen LogP contribution in [0.1, 0.15) is 42.3 Å². The molecule has 2 aromatic carbocycles. The predicted octanol–water partition coefficient (Wildman–Crippen LogP) is 4.71. The summed E-state index contributed by atoms with van der Waals surface area (Å²) in [5.74, 6) is 2.72. The number of nitrogens with zero attached hydrogens (tertiary/aromatic N) is 5. The van der Waals surface area contributed by atoms with Crippen LogP contribution >= 0.6 is 0 Å². The first-order chi connectivity index (χ1) is 15.5. The van der Waals surface area contributed by atoms with Crippen molar-refractivity contribution in [2.75, 3.05) is 4.90 Å². The maximum absolute atomic E-state index is 12.8. The fourth-order valence-electron chi connectivity index (χ4n) is 3.98. The average molecular weight is 425 g/mol. The van der Waals surface area contributed by atoms with Gasteiger partial charge in [0.2, 0.25) is 17.7 Å². The van der Waals surface area contributed by atoms with Crippen LogP contribution in [0, 0.1) is 6.92 Å². The van der Waals surface area contributed by atoms with Crippen LogP contribution in [0.4, 0.5) is 5.82 Å². The molecule has 0 atom stereocenters. The molecule has 0 aliphatic carbocycles. The summed E-state index contributed by atoms with van der Waals surface area (Å²) in [6, 6.07) is 15.9. The molecule has 0 unspecified atom stereocenters. The molecular weight excluding hydrogens is 402 g/mol. The van der Waals surface area contributed by atoms with E-state index in [9.17, 15) is 4.79 Å². The average Bonchev–Trinajstić information content (AvgIpc) is 3.37. The van der Waals surface area contributed by atoms with Gasteiger partial charge in [-0.25, -0.2) is 9.97 Å². The Hall–Kier alpha value is -3.87. The van der Waals surface area contributed by atoms with Crippen LogP contribution in [-0.2, 0) is 17.8 Å². The van der Waals surface area contributed by atoms with Gasteiger partial charge in [-0.1, -0.05) is 50.2 Å². The summed E-state index contributed by atoms with van der Waals surface area (Å²) in [6.07, 6.45) is 2.11. The number of benzene rings is 2. The molecule has 3 heterocycles. The van der Waals surface area contributed by atoms with E-state index in [2.05, 4.69) is 35.1 Å². The van der Waals surface area contributed by atoms with Gasteiger partial charge in [-0.3, -0.25) is 9.69 Å². The third-order valence-electron chi connectivity index (χ3n) is 5.63. The predicted molar refractivity (Wildman–Crippen MR) is 121 cm³/mol. The third kappa shape index (κ3) is 3.66. The van der Waals surface area contributed by atoms with E-state index in [1.54, 1.807) is 18.0 Å². The molecule has 0 N–H and O–H groups in total. The highest BCUT2D eigenvalue weighted by atomic mass is 16.4. The lowest BCUT2D eigenvalue weighted by Gasteiger charge is -2.18. The smallest absolute Gasteiger partial charge is 0.247 e. The van der Waals surface area contributed by atoms with Crippen molar-refractivity contribution in [1.82, 2.24) is 20.2 Å². The lowest BCUT2D eigenvalue weighted by molar-refractivity contribution is -0.117. The molecule has 1 aliphatic heterocycles. The number of fused-ring (bicyclic) bond motifs is 1. The van der Waals surface area contributed by atoms with Gasteiger partial charge in [0.05, 0.1) is 13.0 Å². The molecule has 0 bridgehead atoms. The van der Waals surface area contributed by atoms with E-state index in [1.165, 1.54) is 5.56 Å². The first-order valence-electron chi connectivity index (χ1n) is 10.6. The third-order valence-corrected chi connectivity index (χ3v) is 5.63. The molecule has 160 valence electrons. The monoisotopic (exact) mass is 425 g/mol. The molecule has 0 saturated carbocycles. The Labute approximate surface area is 186 Å². The zero-order chi connectivity index (χ0) is 22.2. The summed E-state index contributed by atoms with van der Waals surface area (Å²) < 4.78 is 5.48. The molecule has 7 heteroatoms. The lowest BCUT2D eigenvalue weighted by Crippen LogP contribution is -2.26. The normalized spacial score (nSPS) is 13.1. The van der Waals surface area contributed by atoms with Gasteiger partial charge in [-0.2, -0.15) is 0 Å². The van der Waals surface area contributed by atoms with Crippen molar-refractivity contribution >= 4 is 11.7 Å². The van der Waals surface area contributed by atoms with E-state index in [-0.39, 0.29) is 5.91 Å².